The van der Waals surface area contributed by atoms with E-state index in [1.165, 1.54) is 18.2 Å². The van der Waals surface area contributed by atoms with Crippen molar-refractivity contribution in [1.29, 1.82) is 0 Å². The van der Waals surface area contributed by atoms with Crippen molar-refractivity contribution in [3.05, 3.63) is 52.0 Å². The number of halogens is 3. The van der Waals surface area contributed by atoms with Crippen molar-refractivity contribution in [3.63, 3.8) is 0 Å². The van der Waals surface area contributed by atoms with Gasteiger partial charge in [-0.2, -0.15) is 4.39 Å². The third-order valence-corrected chi connectivity index (χ3v) is 2.90. The van der Waals surface area contributed by atoms with Crippen molar-refractivity contribution in [1.82, 2.24) is 0 Å². The topological polar surface area (TPSA) is 72.5 Å². The molecule has 0 amide bonds. The van der Waals surface area contributed by atoms with Crippen molar-refractivity contribution >= 4 is 27.6 Å². The summed E-state index contributed by atoms with van der Waals surface area (Å²) >= 11 is 3.01. The molecule has 0 aliphatic carbocycles. The van der Waals surface area contributed by atoms with Crippen LogP contribution < -0.4 is 10.5 Å². The molecule has 0 aromatic heterocycles. The molecular weight excluding hydrogens is 336 g/mol. The van der Waals surface area contributed by atoms with Crippen molar-refractivity contribution in [2.45, 2.75) is 0 Å². The molecule has 0 aliphatic rings. The fourth-order valence-electron chi connectivity index (χ4n) is 1.52. The van der Waals surface area contributed by atoms with Gasteiger partial charge in [-0.15, -0.1) is 0 Å². The predicted octanol–water partition coefficient (Wildman–Crippen LogP) is 3.80. The molecule has 2 rings (SSSR count). The molecule has 20 heavy (non-hydrogen) atoms. The number of carboxylic acid groups (broad SMARTS) is 1. The summed E-state index contributed by atoms with van der Waals surface area (Å²) in [7, 11) is 0. The molecule has 0 bridgehead atoms. The van der Waals surface area contributed by atoms with Crippen molar-refractivity contribution in [2.24, 2.45) is 0 Å². The van der Waals surface area contributed by atoms with E-state index in [9.17, 15) is 13.6 Å². The van der Waals surface area contributed by atoms with Crippen LogP contribution in [0.3, 0.4) is 0 Å². The van der Waals surface area contributed by atoms with E-state index in [1.54, 1.807) is 0 Å². The van der Waals surface area contributed by atoms with E-state index >= 15 is 0 Å². The molecule has 0 saturated heterocycles. The third kappa shape index (κ3) is 2.88. The van der Waals surface area contributed by atoms with Crippen LogP contribution in [0, 0.1) is 11.6 Å². The first-order valence-electron chi connectivity index (χ1n) is 5.33. The Morgan fingerprint density at radius 2 is 1.95 bits per heavy atom. The maximum absolute atomic E-state index is 13.5. The largest absolute Gasteiger partial charge is 0.478 e. The van der Waals surface area contributed by atoms with Gasteiger partial charge in [0.15, 0.2) is 11.6 Å². The number of rotatable bonds is 3. The molecule has 0 spiro atoms. The SMILES string of the molecule is Nc1ccc(Oc2cc(Br)cc(F)c2F)cc1C(=O)O. The van der Waals surface area contributed by atoms with Gasteiger partial charge >= 0.3 is 5.97 Å². The molecule has 2 aromatic carbocycles. The Bertz CT molecular complexity index is 692. The Morgan fingerprint density at radius 1 is 1.25 bits per heavy atom. The van der Waals surface area contributed by atoms with E-state index in [1.807, 2.05) is 0 Å². The van der Waals surface area contributed by atoms with Crippen molar-refractivity contribution < 1.29 is 23.4 Å². The van der Waals surface area contributed by atoms with E-state index in [2.05, 4.69) is 15.9 Å². The zero-order valence-electron chi connectivity index (χ0n) is 9.86. The van der Waals surface area contributed by atoms with Crippen LogP contribution in [0.4, 0.5) is 14.5 Å². The van der Waals surface area contributed by atoms with Gasteiger partial charge in [-0.05, 0) is 30.3 Å². The van der Waals surface area contributed by atoms with Gasteiger partial charge in [-0.25, -0.2) is 9.18 Å². The van der Waals surface area contributed by atoms with Gasteiger partial charge in [-0.1, -0.05) is 15.9 Å². The maximum Gasteiger partial charge on any atom is 0.337 e. The molecule has 4 nitrogen and oxygen atoms in total. The summed E-state index contributed by atoms with van der Waals surface area (Å²) in [6.07, 6.45) is 0. The standard InChI is InChI=1S/C13H8BrF2NO3/c14-6-3-9(15)12(16)11(4-6)20-7-1-2-10(17)8(5-7)13(18)19/h1-5H,17H2,(H,18,19). The van der Waals surface area contributed by atoms with Crippen LogP contribution in [-0.2, 0) is 0 Å². The number of nitrogen functional groups attached to an aromatic ring is 1. The van der Waals surface area contributed by atoms with E-state index < -0.39 is 17.6 Å². The number of aromatic carboxylic acids is 1. The first-order valence-corrected chi connectivity index (χ1v) is 6.13. The van der Waals surface area contributed by atoms with Gasteiger partial charge in [0.25, 0.3) is 0 Å². The number of hydrogen-bond donors (Lipinski definition) is 2. The van der Waals surface area contributed by atoms with Crippen molar-refractivity contribution in [3.8, 4) is 11.5 Å². The number of carboxylic acids is 1. The van der Waals surface area contributed by atoms with E-state index in [0.29, 0.717) is 4.47 Å². The minimum Gasteiger partial charge on any atom is -0.478 e. The minimum atomic E-state index is -1.24. The Hall–Kier alpha value is -2.15. The van der Waals surface area contributed by atoms with Crippen molar-refractivity contribution in [2.75, 3.05) is 5.73 Å². The average molecular weight is 344 g/mol. The molecule has 3 N–H and O–H groups in total. The van der Waals surface area contributed by atoms with Gasteiger partial charge in [-0.3, -0.25) is 0 Å². The van der Waals surface area contributed by atoms with Crippen LogP contribution >= 0.6 is 15.9 Å². The molecule has 0 saturated carbocycles. The zero-order valence-corrected chi connectivity index (χ0v) is 11.4. The Balaban J connectivity index is 2.40. The highest BCUT2D eigenvalue weighted by atomic mass is 79.9. The number of hydrogen-bond acceptors (Lipinski definition) is 3. The molecule has 0 atom stereocenters. The summed E-state index contributed by atoms with van der Waals surface area (Å²) in [5, 5.41) is 8.92. The number of ether oxygens (including phenoxy) is 1. The molecule has 0 fully saturated rings. The molecule has 2 aromatic rings. The lowest BCUT2D eigenvalue weighted by Crippen LogP contribution is -2.02. The van der Waals surface area contributed by atoms with Crippen LogP contribution in [0.1, 0.15) is 10.4 Å². The fourth-order valence-corrected chi connectivity index (χ4v) is 1.93. The smallest absolute Gasteiger partial charge is 0.337 e. The van der Waals surface area contributed by atoms with Gasteiger partial charge in [0.05, 0.1) is 5.56 Å². The molecule has 104 valence electrons. The molecule has 0 heterocycles. The predicted molar refractivity (Wildman–Crippen MR) is 71.9 cm³/mol. The zero-order chi connectivity index (χ0) is 14.9. The summed E-state index contributed by atoms with van der Waals surface area (Å²) in [5.41, 5.74) is 5.35. The van der Waals surface area contributed by atoms with Gasteiger partial charge in [0.2, 0.25) is 5.82 Å². The summed E-state index contributed by atoms with van der Waals surface area (Å²) in [5.74, 6) is -3.81. The number of benzene rings is 2. The quantitative estimate of drug-likeness (QED) is 0.656. The van der Waals surface area contributed by atoms with Gasteiger partial charge in [0, 0.05) is 10.2 Å². The Morgan fingerprint density at radius 3 is 2.60 bits per heavy atom. The second kappa shape index (κ2) is 5.46. The number of nitrogens with two attached hydrogens (primary N) is 1. The Kier molecular flexibility index (Phi) is 3.89. The van der Waals surface area contributed by atoms with Crippen LogP contribution in [0.15, 0.2) is 34.8 Å². The minimum absolute atomic E-state index is 0.0352. The molecule has 7 heteroatoms. The average Bonchev–Trinajstić information content (AvgIpc) is 2.37. The van der Waals surface area contributed by atoms with Crippen LogP contribution in [0.25, 0.3) is 0 Å². The Labute approximate surface area is 120 Å². The maximum atomic E-state index is 13.5. The summed E-state index contributed by atoms with van der Waals surface area (Å²) in [6, 6.07) is 5.99. The third-order valence-electron chi connectivity index (χ3n) is 2.44. The molecule has 0 aliphatic heterocycles. The van der Waals surface area contributed by atoms with Crippen LogP contribution in [0.5, 0.6) is 11.5 Å². The molecule has 0 radical (unpaired) electrons. The highest BCUT2D eigenvalue weighted by molar-refractivity contribution is 9.10. The number of anilines is 1. The lowest BCUT2D eigenvalue weighted by Gasteiger charge is -2.09. The highest BCUT2D eigenvalue weighted by Gasteiger charge is 2.14. The summed E-state index contributed by atoms with van der Waals surface area (Å²) < 4.78 is 32.2. The van der Waals surface area contributed by atoms with Gasteiger partial charge < -0.3 is 15.6 Å². The summed E-state index contributed by atoms with van der Waals surface area (Å²) in [4.78, 5) is 10.9. The van der Waals surface area contributed by atoms with E-state index in [4.69, 9.17) is 15.6 Å². The summed E-state index contributed by atoms with van der Waals surface area (Å²) in [6.45, 7) is 0. The monoisotopic (exact) mass is 343 g/mol. The first kappa shape index (κ1) is 14.3. The molecular formula is C13H8BrF2NO3. The first-order chi connectivity index (χ1) is 9.38. The lowest BCUT2D eigenvalue weighted by molar-refractivity contribution is 0.0697. The number of carbonyl (C=O) groups is 1. The van der Waals surface area contributed by atoms with E-state index in [0.717, 1.165) is 12.1 Å². The second-order valence-electron chi connectivity index (χ2n) is 3.86. The fraction of sp³-hybridized carbons (Fsp3) is 0. The lowest BCUT2D eigenvalue weighted by atomic mass is 10.2. The normalized spacial score (nSPS) is 10.3. The van der Waals surface area contributed by atoms with Crippen LogP contribution in [-0.4, -0.2) is 11.1 Å². The van der Waals surface area contributed by atoms with Crippen LogP contribution in [0.2, 0.25) is 0 Å². The van der Waals surface area contributed by atoms with E-state index in [-0.39, 0.29) is 22.7 Å². The second-order valence-corrected chi connectivity index (χ2v) is 4.77. The highest BCUT2D eigenvalue weighted by Crippen LogP contribution is 2.31. The molecule has 0 unspecified atom stereocenters. The van der Waals surface area contributed by atoms with Gasteiger partial charge in [0.1, 0.15) is 5.75 Å².